The number of nitrogens with zero attached hydrogens (tertiary/aromatic N) is 1. The van der Waals surface area contributed by atoms with Crippen LogP contribution in [-0.2, 0) is 4.74 Å². The summed E-state index contributed by atoms with van der Waals surface area (Å²) in [5.41, 5.74) is 0. The first-order chi connectivity index (χ1) is 8.29. The van der Waals surface area contributed by atoms with Crippen molar-refractivity contribution in [1.82, 2.24) is 4.90 Å². The van der Waals surface area contributed by atoms with E-state index in [9.17, 15) is 4.79 Å². The third kappa shape index (κ3) is 4.97. The van der Waals surface area contributed by atoms with E-state index >= 15 is 0 Å². The summed E-state index contributed by atoms with van der Waals surface area (Å²) in [4.78, 5) is 13.9. The fourth-order valence-electron chi connectivity index (χ4n) is 2.47. The van der Waals surface area contributed by atoms with Crippen LogP contribution < -0.4 is 0 Å². The Morgan fingerprint density at radius 3 is 2.76 bits per heavy atom. The molecule has 1 rings (SSSR count). The topological polar surface area (TPSA) is 29.5 Å². The van der Waals surface area contributed by atoms with E-state index in [-0.39, 0.29) is 6.09 Å². The Kier molecular flexibility index (Phi) is 7.06. The Hall–Kier alpha value is -0.730. The van der Waals surface area contributed by atoms with Gasteiger partial charge >= 0.3 is 6.09 Å². The number of rotatable bonds is 6. The van der Waals surface area contributed by atoms with E-state index in [1.165, 1.54) is 12.8 Å². The summed E-state index contributed by atoms with van der Waals surface area (Å²) < 4.78 is 5.35. The predicted octanol–water partition coefficient (Wildman–Crippen LogP) is 3.97. The minimum Gasteiger partial charge on any atom is -0.449 e. The van der Waals surface area contributed by atoms with E-state index in [0.717, 1.165) is 45.1 Å². The molecule has 0 aromatic heterocycles. The molecule has 0 aromatic rings. The highest BCUT2D eigenvalue weighted by Gasteiger charge is 2.26. The molecule has 0 bridgehead atoms. The van der Waals surface area contributed by atoms with Crippen LogP contribution in [-0.4, -0.2) is 30.2 Å². The van der Waals surface area contributed by atoms with Crippen LogP contribution in [0, 0.1) is 0 Å². The number of unbranched alkanes of at least 4 members (excludes halogenated alkanes) is 2. The number of likely N-dealkylation sites (tertiary alicyclic amines) is 1. The van der Waals surface area contributed by atoms with Gasteiger partial charge in [-0.25, -0.2) is 4.79 Å². The van der Waals surface area contributed by atoms with E-state index in [0.29, 0.717) is 12.6 Å². The summed E-state index contributed by atoms with van der Waals surface area (Å²) in [6.07, 6.45) is 9.01. The van der Waals surface area contributed by atoms with E-state index in [1.807, 2.05) is 4.90 Å². The molecule has 0 radical (unpaired) electrons. The Morgan fingerprint density at radius 1 is 1.24 bits per heavy atom. The lowest BCUT2D eigenvalue weighted by Crippen LogP contribution is -2.44. The van der Waals surface area contributed by atoms with Crippen LogP contribution in [0.3, 0.4) is 0 Å². The average molecular weight is 241 g/mol. The SMILES string of the molecule is CCCCCOC(=O)N1CCCCC1CCC. The Balaban J connectivity index is 2.31. The number of carbonyl (C=O) groups excluding carboxylic acids is 1. The van der Waals surface area contributed by atoms with Crippen LogP contribution in [0.15, 0.2) is 0 Å². The van der Waals surface area contributed by atoms with Gasteiger partial charge in [0.05, 0.1) is 6.61 Å². The second-order valence-electron chi connectivity index (χ2n) is 4.95. The molecule has 1 unspecified atom stereocenters. The van der Waals surface area contributed by atoms with Crippen molar-refractivity contribution in [2.75, 3.05) is 13.2 Å². The summed E-state index contributed by atoms with van der Waals surface area (Å²) >= 11 is 0. The first kappa shape index (κ1) is 14.3. The summed E-state index contributed by atoms with van der Waals surface area (Å²) in [5.74, 6) is 0. The summed E-state index contributed by atoms with van der Waals surface area (Å²) in [7, 11) is 0. The number of hydrogen-bond acceptors (Lipinski definition) is 2. The fraction of sp³-hybridized carbons (Fsp3) is 0.929. The van der Waals surface area contributed by atoms with Crippen molar-refractivity contribution in [3.8, 4) is 0 Å². The van der Waals surface area contributed by atoms with Gasteiger partial charge in [-0.15, -0.1) is 0 Å². The zero-order valence-corrected chi connectivity index (χ0v) is 11.4. The summed E-state index contributed by atoms with van der Waals surface area (Å²) in [6.45, 7) is 5.81. The smallest absolute Gasteiger partial charge is 0.410 e. The first-order valence-electron chi connectivity index (χ1n) is 7.23. The maximum atomic E-state index is 12.0. The van der Waals surface area contributed by atoms with Crippen molar-refractivity contribution < 1.29 is 9.53 Å². The zero-order chi connectivity index (χ0) is 12.5. The summed E-state index contributed by atoms with van der Waals surface area (Å²) in [5, 5.41) is 0. The predicted molar refractivity (Wildman–Crippen MR) is 70.1 cm³/mol. The lowest BCUT2D eigenvalue weighted by molar-refractivity contribution is 0.0696. The zero-order valence-electron chi connectivity index (χ0n) is 11.4. The van der Waals surface area contributed by atoms with E-state index in [1.54, 1.807) is 0 Å². The third-order valence-corrected chi connectivity index (χ3v) is 3.46. The highest BCUT2D eigenvalue weighted by molar-refractivity contribution is 5.68. The Labute approximate surface area is 106 Å². The van der Waals surface area contributed by atoms with Crippen molar-refractivity contribution in [3.05, 3.63) is 0 Å². The minimum atomic E-state index is -0.0840. The molecule has 1 heterocycles. The van der Waals surface area contributed by atoms with Crippen molar-refractivity contribution in [2.24, 2.45) is 0 Å². The number of carbonyl (C=O) groups is 1. The molecule has 1 amide bonds. The van der Waals surface area contributed by atoms with Gasteiger partial charge in [0.2, 0.25) is 0 Å². The van der Waals surface area contributed by atoms with Gasteiger partial charge in [0.25, 0.3) is 0 Å². The molecule has 1 aliphatic rings. The molecule has 1 aliphatic heterocycles. The molecule has 0 aliphatic carbocycles. The normalized spacial score (nSPS) is 20.4. The number of hydrogen-bond donors (Lipinski definition) is 0. The molecule has 1 fully saturated rings. The van der Waals surface area contributed by atoms with Gasteiger partial charge in [0.1, 0.15) is 0 Å². The fourth-order valence-corrected chi connectivity index (χ4v) is 2.47. The Bertz CT molecular complexity index is 216. The first-order valence-corrected chi connectivity index (χ1v) is 7.23. The van der Waals surface area contributed by atoms with Crippen molar-refractivity contribution in [3.63, 3.8) is 0 Å². The maximum absolute atomic E-state index is 12.0. The van der Waals surface area contributed by atoms with Gasteiger partial charge in [0.15, 0.2) is 0 Å². The van der Waals surface area contributed by atoms with Crippen molar-refractivity contribution >= 4 is 6.09 Å². The number of amides is 1. The van der Waals surface area contributed by atoms with Gasteiger partial charge in [-0.2, -0.15) is 0 Å². The summed E-state index contributed by atoms with van der Waals surface area (Å²) in [6, 6.07) is 0.424. The lowest BCUT2D eigenvalue weighted by atomic mass is 9.99. The average Bonchev–Trinajstić information content (AvgIpc) is 2.35. The molecule has 1 saturated heterocycles. The van der Waals surface area contributed by atoms with E-state index in [2.05, 4.69) is 13.8 Å². The van der Waals surface area contributed by atoms with Crippen LogP contribution in [0.1, 0.15) is 65.2 Å². The molecule has 3 nitrogen and oxygen atoms in total. The second kappa shape index (κ2) is 8.37. The molecule has 100 valence electrons. The van der Waals surface area contributed by atoms with Gasteiger partial charge < -0.3 is 9.64 Å². The van der Waals surface area contributed by atoms with E-state index in [4.69, 9.17) is 4.74 Å². The largest absolute Gasteiger partial charge is 0.449 e. The minimum absolute atomic E-state index is 0.0840. The van der Waals surface area contributed by atoms with Crippen LogP contribution >= 0.6 is 0 Å². The molecule has 0 N–H and O–H groups in total. The molecule has 0 spiro atoms. The lowest BCUT2D eigenvalue weighted by Gasteiger charge is -2.34. The van der Waals surface area contributed by atoms with Gasteiger partial charge in [-0.3, -0.25) is 0 Å². The monoisotopic (exact) mass is 241 g/mol. The van der Waals surface area contributed by atoms with Crippen LogP contribution in [0.25, 0.3) is 0 Å². The van der Waals surface area contributed by atoms with Gasteiger partial charge in [-0.1, -0.05) is 33.1 Å². The van der Waals surface area contributed by atoms with Crippen LogP contribution in [0.4, 0.5) is 4.79 Å². The maximum Gasteiger partial charge on any atom is 0.410 e. The van der Waals surface area contributed by atoms with Gasteiger partial charge in [-0.05, 0) is 32.1 Å². The second-order valence-corrected chi connectivity index (χ2v) is 4.95. The molecule has 3 heteroatoms. The van der Waals surface area contributed by atoms with Gasteiger partial charge in [0, 0.05) is 12.6 Å². The quantitative estimate of drug-likeness (QED) is 0.659. The highest BCUT2D eigenvalue weighted by atomic mass is 16.6. The molecule has 17 heavy (non-hydrogen) atoms. The highest BCUT2D eigenvalue weighted by Crippen LogP contribution is 2.21. The molecular weight excluding hydrogens is 214 g/mol. The van der Waals surface area contributed by atoms with Crippen LogP contribution in [0.5, 0.6) is 0 Å². The Morgan fingerprint density at radius 2 is 2.06 bits per heavy atom. The molecule has 0 saturated carbocycles. The van der Waals surface area contributed by atoms with E-state index < -0.39 is 0 Å². The van der Waals surface area contributed by atoms with Crippen molar-refractivity contribution in [2.45, 2.75) is 71.3 Å². The van der Waals surface area contributed by atoms with Crippen LogP contribution in [0.2, 0.25) is 0 Å². The molecular formula is C14H27NO2. The third-order valence-electron chi connectivity index (χ3n) is 3.46. The van der Waals surface area contributed by atoms with Crippen molar-refractivity contribution in [1.29, 1.82) is 0 Å². The molecule has 0 aromatic carbocycles. The number of piperidine rings is 1. The molecule has 1 atom stereocenters. The standard InChI is InChI=1S/C14H27NO2/c1-3-5-8-12-17-14(16)15-11-7-6-10-13(15)9-4-2/h13H,3-12H2,1-2H3. The number of ether oxygens (including phenoxy) is 1.